The van der Waals surface area contributed by atoms with Crippen molar-refractivity contribution in [3.63, 3.8) is 0 Å². The Morgan fingerprint density at radius 1 is 1.22 bits per heavy atom. The van der Waals surface area contributed by atoms with E-state index < -0.39 is 50.9 Å². The molecule has 1 aromatic rings. The van der Waals surface area contributed by atoms with Crippen LogP contribution in [0, 0.1) is 5.92 Å². The van der Waals surface area contributed by atoms with Crippen molar-refractivity contribution in [2.75, 3.05) is 6.54 Å². The minimum absolute atomic E-state index is 0. The summed E-state index contributed by atoms with van der Waals surface area (Å²) in [6.07, 6.45) is 1.40. The van der Waals surface area contributed by atoms with Crippen LogP contribution in [0.15, 0.2) is 18.2 Å². The van der Waals surface area contributed by atoms with E-state index in [1.807, 2.05) is 19.1 Å². The Bertz CT molecular complexity index is 1180. The van der Waals surface area contributed by atoms with Crippen molar-refractivity contribution in [2.24, 2.45) is 5.92 Å². The molecular weight excluding hydrogens is 567 g/mol. The Morgan fingerprint density at radius 2 is 1.95 bits per heavy atom. The molecule has 0 aromatic heterocycles. The second-order valence-electron chi connectivity index (χ2n) is 9.88. The highest BCUT2D eigenvalue weighted by molar-refractivity contribution is 7.91. The van der Waals surface area contributed by atoms with E-state index >= 15 is 0 Å². The molecule has 5 rings (SSSR count). The van der Waals surface area contributed by atoms with Crippen LogP contribution < -0.4 is 15.4 Å². The standard InChI is InChI=1S/C23H29ClN4O6S.2ClH/c1-2-14-9-23(14,21(30)27-35(32,33)16-6-7-16)26-20(29)19-8-15(10-25-19)34-22(31)28-11-13-4-3-5-18(24)17(13)12-28;;/h3-5,14-16,19,25H,2,6-12H2,1H3,(H,26,29)(H,27,30);2*1H/t14-,15-,19+,23-;;/m1../s1. The van der Waals surface area contributed by atoms with E-state index in [0.717, 1.165) is 11.1 Å². The number of hydrogen-bond acceptors (Lipinski definition) is 7. The molecule has 0 bridgehead atoms. The normalized spacial score (nSPS) is 27.8. The lowest BCUT2D eigenvalue weighted by Gasteiger charge is -2.21. The highest BCUT2D eigenvalue weighted by Crippen LogP contribution is 2.46. The molecule has 3 fully saturated rings. The van der Waals surface area contributed by atoms with Crippen LogP contribution in [0.5, 0.6) is 0 Å². The van der Waals surface area contributed by atoms with Gasteiger partial charge in [0.2, 0.25) is 15.9 Å². The number of rotatable bonds is 7. The van der Waals surface area contributed by atoms with Gasteiger partial charge in [0, 0.05) is 24.5 Å². The fourth-order valence-electron chi connectivity index (χ4n) is 5.02. The lowest BCUT2D eigenvalue weighted by Crippen LogP contribution is -2.55. The van der Waals surface area contributed by atoms with E-state index in [1.165, 1.54) is 0 Å². The van der Waals surface area contributed by atoms with E-state index in [2.05, 4.69) is 15.4 Å². The zero-order valence-electron chi connectivity index (χ0n) is 20.2. The SMILES string of the molecule is CC[C@@H]1C[C@]1(NC(=O)[C@@H]1C[C@@H](OC(=O)N2Cc3cccc(Cl)c3C2)CN1)C(=O)NS(=O)(=O)C1CC1.Cl.Cl. The van der Waals surface area contributed by atoms with E-state index in [4.69, 9.17) is 16.3 Å². The lowest BCUT2D eigenvalue weighted by atomic mass is 10.1. The molecule has 0 spiro atoms. The third-order valence-corrected chi connectivity index (χ3v) is 9.58. The zero-order valence-corrected chi connectivity index (χ0v) is 23.4. The summed E-state index contributed by atoms with van der Waals surface area (Å²) in [6, 6.07) is 4.91. The summed E-state index contributed by atoms with van der Waals surface area (Å²) in [5.74, 6) is -1.20. The van der Waals surface area contributed by atoms with Crippen molar-refractivity contribution in [1.82, 2.24) is 20.3 Å². The Morgan fingerprint density at radius 3 is 2.57 bits per heavy atom. The van der Waals surface area contributed by atoms with Gasteiger partial charge in [0.15, 0.2) is 0 Å². The van der Waals surface area contributed by atoms with Crippen molar-refractivity contribution >= 4 is 64.3 Å². The number of sulfonamides is 1. The molecule has 1 aromatic carbocycles. The number of benzene rings is 1. The average Bonchev–Trinajstić information content (AvgIpc) is 3.69. The molecule has 2 aliphatic heterocycles. The summed E-state index contributed by atoms with van der Waals surface area (Å²) < 4.78 is 32.3. The van der Waals surface area contributed by atoms with Gasteiger partial charge in [0.05, 0.1) is 17.8 Å². The number of ether oxygens (including phenoxy) is 1. The van der Waals surface area contributed by atoms with Crippen LogP contribution in [-0.2, 0) is 37.4 Å². The first-order chi connectivity index (χ1) is 16.6. The number of nitrogens with one attached hydrogen (secondary N) is 3. The second kappa shape index (κ2) is 11.1. The van der Waals surface area contributed by atoms with Crippen LogP contribution in [0.1, 0.15) is 50.2 Å². The van der Waals surface area contributed by atoms with Crippen LogP contribution in [-0.4, -0.2) is 60.7 Å². The van der Waals surface area contributed by atoms with Gasteiger partial charge in [-0.3, -0.25) is 19.2 Å². The van der Waals surface area contributed by atoms with Crippen LogP contribution in [0.2, 0.25) is 5.02 Å². The quantitative estimate of drug-likeness (QED) is 0.439. The molecule has 37 heavy (non-hydrogen) atoms. The number of fused-ring (bicyclic) bond motifs is 1. The van der Waals surface area contributed by atoms with Gasteiger partial charge in [-0.1, -0.05) is 37.1 Å². The number of halogens is 3. The summed E-state index contributed by atoms with van der Waals surface area (Å²) in [7, 11) is -3.71. The van der Waals surface area contributed by atoms with Gasteiger partial charge in [-0.05, 0) is 42.4 Å². The van der Waals surface area contributed by atoms with Crippen molar-refractivity contribution in [3.8, 4) is 0 Å². The molecule has 4 atom stereocenters. The Hall–Kier alpha value is -1.79. The zero-order chi connectivity index (χ0) is 25.0. The van der Waals surface area contributed by atoms with E-state index in [0.29, 0.717) is 50.3 Å². The minimum Gasteiger partial charge on any atom is -0.445 e. The minimum atomic E-state index is -3.71. The smallest absolute Gasteiger partial charge is 0.410 e. The number of carbonyl (C=O) groups excluding carboxylic acids is 3. The van der Waals surface area contributed by atoms with E-state index in [-0.39, 0.29) is 37.2 Å². The maximum Gasteiger partial charge on any atom is 0.410 e. The molecule has 1 saturated heterocycles. The van der Waals surface area contributed by atoms with Gasteiger partial charge in [-0.25, -0.2) is 13.2 Å². The Kier molecular flexibility index (Phi) is 8.96. The molecule has 4 aliphatic rings. The van der Waals surface area contributed by atoms with Crippen LogP contribution in [0.25, 0.3) is 0 Å². The lowest BCUT2D eigenvalue weighted by molar-refractivity contribution is -0.130. The van der Waals surface area contributed by atoms with E-state index in [1.54, 1.807) is 11.0 Å². The highest BCUT2D eigenvalue weighted by Gasteiger charge is 2.61. The maximum absolute atomic E-state index is 13.0. The number of amides is 3. The van der Waals surface area contributed by atoms with Crippen molar-refractivity contribution in [2.45, 2.75) is 75.1 Å². The third-order valence-electron chi connectivity index (χ3n) is 7.41. The molecule has 3 N–H and O–H groups in total. The Labute approximate surface area is 233 Å². The fraction of sp³-hybridized carbons (Fsp3) is 0.609. The summed E-state index contributed by atoms with van der Waals surface area (Å²) in [5, 5.41) is 5.94. The van der Waals surface area contributed by atoms with Gasteiger partial charge in [0.1, 0.15) is 11.6 Å². The first kappa shape index (κ1) is 29.8. The number of carbonyl (C=O) groups is 3. The molecule has 2 saturated carbocycles. The summed E-state index contributed by atoms with van der Waals surface area (Å²) in [6.45, 7) is 2.99. The first-order valence-corrected chi connectivity index (χ1v) is 13.9. The molecule has 10 nitrogen and oxygen atoms in total. The van der Waals surface area contributed by atoms with Crippen LogP contribution in [0.3, 0.4) is 0 Å². The average molecular weight is 598 g/mol. The third kappa shape index (κ3) is 5.95. The van der Waals surface area contributed by atoms with E-state index in [9.17, 15) is 22.8 Å². The van der Waals surface area contributed by atoms with Gasteiger partial charge >= 0.3 is 6.09 Å². The van der Waals surface area contributed by atoms with Crippen LogP contribution in [0.4, 0.5) is 4.79 Å². The number of hydrogen-bond donors (Lipinski definition) is 3. The van der Waals surface area contributed by atoms with Gasteiger partial charge in [-0.2, -0.15) is 0 Å². The molecule has 3 amide bonds. The highest BCUT2D eigenvalue weighted by atomic mass is 35.5. The van der Waals surface area contributed by atoms with Crippen molar-refractivity contribution < 1.29 is 27.5 Å². The van der Waals surface area contributed by atoms with Crippen molar-refractivity contribution in [1.29, 1.82) is 0 Å². The second-order valence-corrected chi connectivity index (χ2v) is 12.2. The monoisotopic (exact) mass is 596 g/mol. The molecule has 14 heteroatoms. The largest absolute Gasteiger partial charge is 0.445 e. The van der Waals surface area contributed by atoms with Crippen molar-refractivity contribution in [3.05, 3.63) is 34.3 Å². The molecule has 206 valence electrons. The first-order valence-electron chi connectivity index (χ1n) is 12.0. The predicted octanol–water partition coefficient (Wildman–Crippen LogP) is 2.26. The fourth-order valence-corrected chi connectivity index (χ4v) is 6.64. The molecule has 0 radical (unpaired) electrons. The Balaban J connectivity index is 0.00000190. The maximum atomic E-state index is 13.0. The summed E-state index contributed by atoms with van der Waals surface area (Å²) >= 11 is 6.22. The summed E-state index contributed by atoms with van der Waals surface area (Å²) in [5.41, 5.74) is 0.679. The molecule has 2 aliphatic carbocycles. The topological polar surface area (TPSA) is 134 Å². The van der Waals surface area contributed by atoms with Gasteiger partial charge in [0.25, 0.3) is 5.91 Å². The van der Waals surface area contributed by atoms with Gasteiger partial charge < -0.3 is 15.4 Å². The van der Waals surface area contributed by atoms with Gasteiger partial charge in [-0.15, -0.1) is 24.8 Å². The molecule has 0 unspecified atom stereocenters. The molecular formula is C23H31Cl3N4O6S. The van der Waals surface area contributed by atoms with Crippen LogP contribution >= 0.6 is 36.4 Å². The molecule has 2 heterocycles. The summed E-state index contributed by atoms with van der Waals surface area (Å²) in [4.78, 5) is 40.1. The predicted molar refractivity (Wildman–Crippen MR) is 141 cm³/mol. The number of nitrogens with zero attached hydrogens (tertiary/aromatic N) is 1.